The van der Waals surface area contributed by atoms with E-state index in [2.05, 4.69) is 15.2 Å². The van der Waals surface area contributed by atoms with Crippen LogP contribution in [-0.4, -0.2) is 29.4 Å². The van der Waals surface area contributed by atoms with Crippen LogP contribution in [0.5, 0.6) is 0 Å². The van der Waals surface area contributed by atoms with Crippen molar-refractivity contribution in [1.29, 1.82) is 0 Å². The van der Waals surface area contributed by atoms with Gasteiger partial charge in [-0.2, -0.15) is 0 Å². The highest BCUT2D eigenvalue weighted by Crippen LogP contribution is 2.32. The summed E-state index contributed by atoms with van der Waals surface area (Å²) in [6.45, 7) is 3.42. The number of anilines is 2. The molecule has 0 spiro atoms. The maximum absolute atomic E-state index is 13.0. The Hall–Kier alpha value is -5.23. The molecule has 1 amide bonds. The molecule has 200 valence electrons. The maximum atomic E-state index is 13.0. The molecule has 0 saturated heterocycles. The lowest BCUT2D eigenvalue weighted by molar-refractivity contribution is 0.102. The number of aromatic nitrogens is 3. The normalized spacial score (nSPS) is 11.6. The maximum Gasteiger partial charge on any atom is 0.264 e. The molecule has 4 heterocycles. The second-order valence-electron chi connectivity index (χ2n) is 8.89. The van der Waals surface area contributed by atoms with E-state index in [1.165, 1.54) is 24.3 Å². The Bertz CT molecular complexity index is 1940. The standard InChI is InChI=1S/C28H21N5O6S/c1-16-17(2)32-39-28(16)33-40(35,36)20-10-8-19(9-11-20)29-27(34)18-7-12-21-22(15-18)31-26(24-6-4-14-38-24)25(30-21)23-5-3-13-37-23/h3-15,33H,1-2H3,(H,29,34). The molecule has 40 heavy (non-hydrogen) atoms. The van der Waals surface area contributed by atoms with Crippen molar-refractivity contribution >= 4 is 38.5 Å². The Morgan fingerprint density at radius 2 is 1.48 bits per heavy atom. The fraction of sp³-hybridized carbons (Fsp3) is 0.0714. The molecule has 0 radical (unpaired) electrons. The number of carbonyl (C=O) groups is 1. The highest BCUT2D eigenvalue weighted by atomic mass is 32.2. The van der Waals surface area contributed by atoms with E-state index < -0.39 is 15.9 Å². The van der Waals surface area contributed by atoms with Crippen LogP contribution in [0.1, 0.15) is 21.6 Å². The summed E-state index contributed by atoms with van der Waals surface area (Å²) >= 11 is 0. The number of nitrogens with one attached hydrogen (secondary N) is 2. The highest BCUT2D eigenvalue weighted by Gasteiger charge is 2.20. The van der Waals surface area contributed by atoms with Crippen LogP contribution in [-0.2, 0) is 10.0 Å². The first-order valence-electron chi connectivity index (χ1n) is 12.1. The number of benzene rings is 2. The molecule has 0 aliphatic carbocycles. The minimum absolute atomic E-state index is 0.00208. The molecule has 2 aromatic carbocycles. The second kappa shape index (κ2) is 9.82. The summed E-state index contributed by atoms with van der Waals surface area (Å²) in [4.78, 5) is 22.5. The quantitative estimate of drug-likeness (QED) is 0.248. The van der Waals surface area contributed by atoms with Gasteiger partial charge in [0.1, 0.15) is 11.4 Å². The van der Waals surface area contributed by atoms with Crippen LogP contribution < -0.4 is 10.0 Å². The monoisotopic (exact) mass is 555 g/mol. The average molecular weight is 556 g/mol. The van der Waals surface area contributed by atoms with Crippen molar-refractivity contribution in [2.75, 3.05) is 10.0 Å². The predicted octanol–water partition coefficient (Wildman–Crippen LogP) is 5.81. The fourth-order valence-electron chi connectivity index (χ4n) is 3.98. The van der Waals surface area contributed by atoms with Crippen LogP contribution in [0.4, 0.5) is 11.6 Å². The molecule has 0 atom stereocenters. The third-order valence-corrected chi connectivity index (χ3v) is 7.59. The Morgan fingerprint density at radius 3 is 2.05 bits per heavy atom. The van der Waals surface area contributed by atoms with Gasteiger partial charge in [-0.05, 0) is 80.6 Å². The number of nitrogens with zero attached hydrogens (tertiary/aromatic N) is 3. The van der Waals surface area contributed by atoms with Crippen LogP contribution in [0.25, 0.3) is 33.9 Å². The lowest BCUT2D eigenvalue weighted by Gasteiger charge is -2.10. The van der Waals surface area contributed by atoms with E-state index in [0.717, 1.165) is 0 Å². The predicted molar refractivity (Wildman–Crippen MR) is 146 cm³/mol. The van der Waals surface area contributed by atoms with Gasteiger partial charge >= 0.3 is 0 Å². The summed E-state index contributed by atoms with van der Waals surface area (Å²) in [5, 5.41) is 6.53. The first-order chi connectivity index (χ1) is 19.3. The summed E-state index contributed by atoms with van der Waals surface area (Å²) in [5.41, 5.74) is 3.98. The first kappa shape index (κ1) is 25.1. The van der Waals surface area contributed by atoms with Crippen LogP contribution in [0, 0.1) is 13.8 Å². The summed E-state index contributed by atoms with van der Waals surface area (Å²) in [6.07, 6.45) is 3.09. The molecule has 0 fully saturated rings. The van der Waals surface area contributed by atoms with Gasteiger partial charge in [-0.15, -0.1) is 0 Å². The number of sulfonamides is 1. The molecular formula is C28H21N5O6S. The van der Waals surface area contributed by atoms with E-state index in [4.69, 9.17) is 23.3 Å². The van der Waals surface area contributed by atoms with Crippen LogP contribution >= 0.6 is 0 Å². The number of aryl methyl sites for hydroxylation is 1. The zero-order valence-electron chi connectivity index (χ0n) is 21.2. The molecule has 0 saturated carbocycles. The molecule has 0 aliphatic heterocycles. The Morgan fingerprint density at radius 1 is 0.825 bits per heavy atom. The molecule has 2 N–H and O–H groups in total. The Kier molecular flexibility index (Phi) is 6.15. The Balaban J connectivity index is 1.24. The lowest BCUT2D eigenvalue weighted by atomic mass is 10.1. The van der Waals surface area contributed by atoms with Crippen molar-refractivity contribution in [1.82, 2.24) is 15.1 Å². The van der Waals surface area contributed by atoms with E-state index in [9.17, 15) is 13.2 Å². The average Bonchev–Trinajstić information content (AvgIpc) is 3.73. The van der Waals surface area contributed by atoms with Crippen LogP contribution in [0.3, 0.4) is 0 Å². The smallest absolute Gasteiger partial charge is 0.264 e. The molecular weight excluding hydrogens is 534 g/mol. The van der Waals surface area contributed by atoms with Gasteiger partial charge in [-0.1, -0.05) is 5.16 Å². The van der Waals surface area contributed by atoms with Gasteiger partial charge in [0.05, 0.1) is 34.1 Å². The number of amides is 1. The van der Waals surface area contributed by atoms with Crippen LogP contribution in [0.15, 0.2) is 97.5 Å². The number of hydrogen-bond acceptors (Lipinski definition) is 9. The number of fused-ring (bicyclic) bond motifs is 1. The summed E-state index contributed by atoms with van der Waals surface area (Å²) < 4.78 is 44.0. The van der Waals surface area contributed by atoms with Gasteiger partial charge in [0.15, 0.2) is 11.5 Å². The molecule has 0 aliphatic rings. The van der Waals surface area contributed by atoms with Crippen molar-refractivity contribution in [2.24, 2.45) is 0 Å². The van der Waals surface area contributed by atoms with Gasteiger partial charge < -0.3 is 18.7 Å². The minimum atomic E-state index is -3.91. The van der Waals surface area contributed by atoms with Crippen molar-refractivity contribution in [2.45, 2.75) is 18.7 Å². The largest absolute Gasteiger partial charge is 0.463 e. The molecule has 4 aromatic heterocycles. The molecule has 11 nitrogen and oxygen atoms in total. The third kappa shape index (κ3) is 4.71. The number of furan rings is 2. The van der Waals surface area contributed by atoms with Crippen molar-refractivity contribution in [3.8, 4) is 22.9 Å². The van der Waals surface area contributed by atoms with E-state index >= 15 is 0 Å². The van der Waals surface area contributed by atoms with Crippen molar-refractivity contribution < 1.29 is 26.6 Å². The SMILES string of the molecule is Cc1noc(NS(=O)(=O)c2ccc(NC(=O)c3ccc4nc(-c5ccco5)c(-c5ccco5)nc4c3)cc2)c1C. The molecule has 0 unspecified atom stereocenters. The van der Waals surface area contributed by atoms with Gasteiger partial charge in [-0.25, -0.2) is 23.1 Å². The van der Waals surface area contributed by atoms with Crippen molar-refractivity contribution in [3.05, 3.63) is 96.1 Å². The second-order valence-corrected chi connectivity index (χ2v) is 10.6. The fourth-order valence-corrected chi connectivity index (χ4v) is 5.02. The van der Waals surface area contributed by atoms with E-state index in [1.807, 2.05) is 0 Å². The van der Waals surface area contributed by atoms with Gasteiger partial charge in [0, 0.05) is 16.8 Å². The summed E-state index contributed by atoms with van der Waals surface area (Å²) in [7, 11) is -3.91. The van der Waals surface area contributed by atoms with E-state index in [-0.39, 0.29) is 10.8 Å². The zero-order chi connectivity index (χ0) is 27.9. The highest BCUT2D eigenvalue weighted by molar-refractivity contribution is 7.92. The lowest BCUT2D eigenvalue weighted by Crippen LogP contribution is -2.14. The van der Waals surface area contributed by atoms with E-state index in [0.29, 0.717) is 56.4 Å². The zero-order valence-corrected chi connectivity index (χ0v) is 22.0. The summed E-state index contributed by atoms with van der Waals surface area (Å²) in [6, 6.07) is 17.8. The third-order valence-electron chi connectivity index (χ3n) is 6.24. The van der Waals surface area contributed by atoms with Gasteiger partial charge in [0.2, 0.25) is 5.88 Å². The minimum Gasteiger partial charge on any atom is -0.463 e. The van der Waals surface area contributed by atoms with Crippen LogP contribution in [0.2, 0.25) is 0 Å². The molecule has 6 rings (SSSR count). The number of carbonyl (C=O) groups excluding carboxylic acids is 1. The molecule has 0 bridgehead atoms. The van der Waals surface area contributed by atoms with Crippen molar-refractivity contribution in [3.63, 3.8) is 0 Å². The molecule has 12 heteroatoms. The topological polar surface area (TPSA) is 153 Å². The van der Waals surface area contributed by atoms with Gasteiger partial charge in [-0.3, -0.25) is 4.79 Å². The first-order valence-corrected chi connectivity index (χ1v) is 13.5. The summed E-state index contributed by atoms with van der Waals surface area (Å²) in [5.74, 6) is 0.698. The van der Waals surface area contributed by atoms with Gasteiger partial charge in [0.25, 0.3) is 15.9 Å². The van der Waals surface area contributed by atoms with E-state index in [1.54, 1.807) is 68.8 Å². The number of rotatable bonds is 7. The number of hydrogen-bond donors (Lipinski definition) is 2. The Labute approximate surface area is 227 Å². The molecule has 6 aromatic rings.